The van der Waals surface area contributed by atoms with Crippen LogP contribution in [0.4, 0.5) is 4.79 Å². The fourth-order valence-corrected chi connectivity index (χ4v) is 1.12. The zero-order chi connectivity index (χ0) is 12.9. The summed E-state index contributed by atoms with van der Waals surface area (Å²) in [5, 5.41) is 1.51. The summed E-state index contributed by atoms with van der Waals surface area (Å²) in [5.74, 6) is -0.495. The molecule has 0 aliphatic rings. The Balaban J connectivity index is 4.64. The van der Waals surface area contributed by atoms with Crippen LogP contribution in [0.5, 0.6) is 0 Å². The maximum atomic E-state index is 11.8. The van der Waals surface area contributed by atoms with E-state index in [-0.39, 0.29) is 5.54 Å². The van der Waals surface area contributed by atoms with Gasteiger partial charge in [-0.25, -0.2) is 4.79 Å². The molecule has 1 atom stereocenters. The van der Waals surface area contributed by atoms with Crippen LogP contribution in [0.15, 0.2) is 12.7 Å². The van der Waals surface area contributed by atoms with Gasteiger partial charge < -0.3 is 4.90 Å². The highest BCUT2D eigenvalue weighted by atomic mass is 35.5. The van der Waals surface area contributed by atoms with E-state index in [4.69, 9.17) is 11.6 Å². The van der Waals surface area contributed by atoms with E-state index >= 15 is 0 Å². The van der Waals surface area contributed by atoms with Gasteiger partial charge in [-0.05, 0) is 27.7 Å². The Morgan fingerprint density at radius 1 is 1.50 bits per heavy atom. The van der Waals surface area contributed by atoms with Crippen molar-refractivity contribution < 1.29 is 9.59 Å². The first-order valence-electron chi connectivity index (χ1n) is 5.07. The van der Waals surface area contributed by atoms with Crippen molar-refractivity contribution in [3.05, 3.63) is 12.7 Å². The standard InChI is InChI=1S/C11H19ClN2O2/c1-6-7-14(11(3,4)5)10(16)13-9(15)8(2)12/h6,8H,1,7H2,2-5H3,(H,13,15,16). The Bertz CT molecular complexity index is 282. The summed E-state index contributed by atoms with van der Waals surface area (Å²) in [6.07, 6.45) is 1.61. The summed E-state index contributed by atoms with van der Waals surface area (Å²) in [7, 11) is 0. The first-order chi connectivity index (χ1) is 7.20. The Morgan fingerprint density at radius 3 is 2.31 bits per heavy atom. The van der Waals surface area contributed by atoms with Gasteiger partial charge in [-0.1, -0.05) is 6.08 Å². The van der Waals surface area contributed by atoms with Crippen LogP contribution in [0.2, 0.25) is 0 Å². The van der Waals surface area contributed by atoms with Crippen LogP contribution in [0, 0.1) is 0 Å². The van der Waals surface area contributed by atoms with Crippen LogP contribution in [0.1, 0.15) is 27.7 Å². The average molecular weight is 247 g/mol. The van der Waals surface area contributed by atoms with E-state index in [1.54, 1.807) is 6.08 Å². The van der Waals surface area contributed by atoms with Crippen molar-refractivity contribution in [3.63, 3.8) is 0 Å². The molecule has 0 aliphatic carbocycles. The van der Waals surface area contributed by atoms with Gasteiger partial charge in [-0.3, -0.25) is 10.1 Å². The molecule has 4 nitrogen and oxygen atoms in total. The molecule has 5 heteroatoms. The molecule has 0 bridgehead atoms. The van der Waals surface area contributed by atoms with E-state index in [0.717, 1.165) is 0 Å². The molecule has 0 spiro atoms. The highest BCUT2D eigenvalue weighted by Crippen LogP contribution is 2.13. The molecule has 0 saturated heterocycles. The molecular weight excluding hydrogens is 228 g/mol. The van der Waals surface area contributed by atoms with Crippen LogP contribution >= 0.6 is 11.6 Å². The zero-order valence-corrected chi connectivity index (χ0v) is 11.0. The molecule has 0 fully saturated rings. The van der Waals surface area contributed by atoms with Crippen LogP contribution in [-0.4, -0.2) is 34.3 Å². The van der Waals surface area contributed by atoms with Crippen molar-refractivity contribution in [2.75, 3.05) is 6.54 Å². The molecule has 0 aromatic heterocycles. The summed E-state index contributed by atoms with van der Waals surface area (Å²) < 4.78 is 0. The lowest BCUT2D eigenvalue weighted by Gasteiger charge is -2.34. The predicted octanol–water partition coefficient (Wildman–Crippen LogP) is 2.14. The van der Waals surface area contributed by atoms with Crippen LogP contribution in [0.3, 0.4) is 0 Å². The lowest BCUT2D eigenvalue weighted by molar-refractivity contribution is -0.119. The second-order valence-electron chi connectivity index (χ2n) is 4.48. The van der Waals surface area contributed by atoms with E-state index in [2.05, 4.69) is 11.9 Å². The SMILES string of the molecule is C=CCN(C(=O)NC(=O)C(C)Cl)C(C)(C)C. The first kappa shape index (κ1) is 15.0. The zero-order valence-electron chi connectivity index (χ0n) is 10.2. The molecule has 0 aromatic rings. The monoisotopic (exact) mass is 246 g/mol. The number of amides is 3. The maximum absolute atomic E-state index is 11.8. The number of halogens is 1. The molecular formula is C11H19ClN2O2. The minimum atomic E-state index is -0.727. The molecule has 92 valence electrons. The van der Waals surface area contributed by atoms with Crippen molar-refractivity contribution in [1.29, 1.82) is 0 Å². The van der Waals surface area contributed by atoms with Gasteiger partial charge in [0.2, 0.25) is 5.91 Å². The van der Waals surface area contributed by atoms with E-state index in [9.17, 15) is 9.59 Å². The smallest absolute Gasteiger partial charge is 0.316 e. The normalized spacial score (nSPS) is 12.8. The summed E-state index contributed by atoms with van der Waals surface area (Å²) in [4.78, 5) is 24.6. The third-order valence-electron chi connectivity index (χ3n) is 1.96. The molecule has 0 rings (SSSR count). The molecule has 0 saturated carbocycles. The highest BCUT2D eigenvalue weighted by Gasteiger charge is 2.27. The molecule has 0 aromatic carbocycles. The van der Waals surface area contributed by atoms with E-state index in [0.29, 0.717) is 6.54 Å². The van der Waals surface area contributed by atoms with Gasteiger partial charge in [-0.2, -0.15) is 0 Å². The predicted molar refractivity (Wildman–Crippen MR) is 65.5 cm³/mol. The van der Waals surface area contributed by atoms with Crippen LogP contribution < -0.4 is 5.32 Å². The van der Waals surface area contributed by atoms with E-state index < -0.39 is 17.3 Å². The summed E-state index contributed by atoms with van der Waals surface area (Å²) in [5.41, 5.74) is -0.381. The number of hydrogen-bond donors (Lipinski definition) is 1. The second-order valence-corrected chi connectivity index (χ2v) is 5.14. The number of alkyl halides is 1. The van der Waals surface area contributed by atoms with Crippen LogP contribution in [0.25, 0.3) is 0 Å². The second kappa shape index (κ2) is 5.89. The Morgan fingerprint density at radius 2 is 2.00 bits per heavy atom. The van der Waals surface area contributed by atoms with Gasteiger partial charge in [0, 0.05) is 12.1 Å². The van der Waals surface area contributed by atoms with E-state index in [1.165, 1.54) is 11.8 Å². The number of hydrogen-bond acceptors (Lipinski definition) is 2. The summed E-state index contributed by atoms with van der Waals surface area (Å²) in [6.45, 7) is 11.1. The lowest BCUT2D eigenvalue weighted by Crippen LogP contribution is -2.52. The van der Waals surface area contributed by atoms with Crippen molar-refractivity contribution in [2.45, 2.75) is 38.6 Å². The first-order valence-corrected chi connectivity index (χ1v) is 5.51. The van der Waals surface area contributed by atoms with E-state index in [1.807, 2.05) is 20.8 Å². The third-order valence-corrected chi connectivity index (χ3v) is 2.16. The van der Waals surface area contributed by atoms with Crippen molar-refractivity contribution in [1.82, 2.24) is 10.2 Å². The number of rotatable bonds is 3. The highest BCUT2D eigenvalue weighted by molar-refractivity contribution is 6.31. The van der Waals surface area contributed by atoms with Gasteiger partial charge in [0.15, 0.2) is 0 Å². The van der Waals surface area contributed by atoms with Crippen LogP contribution in [-0.2, 0) is 4.79 Å². The molecule has 0 radical (unpaired) electrons. The number of imide groups is 1. The van der Waals surface area contributed by atoms with Crippen molar-refractivity contribution >= 4 is 23.5 Å². The molecule has 1 unspecified atom stereocenters. The summed E-state index contributed by atoms with van der Waals surface area (Å²) in [6, 6.07) is -0.454. The van der Waals surface area contributed by atoms with Gasteiger partial charge >= 0.3 is 6.03 Å². The van der Waals surface area contributed by atoms with Crippen molar-refractivity contribution in [3.8, 4) is 0 Å². The van der Waals surface area contributed by atoms with Crippen molar-refractivity contribution in [2.24, 2.45) is 0 Å². The largest absolute Gasteiger partial charge is 0.324 e. The number of nitrogens with one attached hydrogen (secondary N) is 1. The molecule has 0 heterocycles. The number of urea groups is 1. The number of carbonyl (C=O) groups excluding carboxylic acids is 2. The Hall–Kier alpha value is -1.03. The molecule has 16 heavy (non-hydrogen) atoms. The average Bonchev–Trinajstić information content (AvgIpc) is 2.11. The minimum absolute atomic E-state index is 0.374. The fourth-order valence-electron chi connectivity index (χ4n) is 1.06. The molecule has 3 amide bonds. The maximum Gasteiger partial charge on any atom is 0.324 e. The third kappa shape index (κ3) is 4.66. The number of carbonyl (C=O) groups is 2. The van der Waals surface area contributed by atoms with Gasteiger partial charge in [0.1, 0.15) is 5.38 Å². The Kier molecular flexibility index (Phi) is 5.51. The molecule has 1 N–H and O–H groups in total. The lowest BCUT2D eigenvalue weighted by atomic mass is 10.1. The summed E-state index contributed by atoms with van der Waals surface area (Å²) >= 11 is 5.57. The number of nitrogens with zero attached hydrogens (tertiary/aromatic N) is 1. The van der Waals surface area contributed by atoms with Gasteiger partial charge in [0.05, 0.1) is 0 Å². The minimum Gasteiger partial charge on any atom is -0.316 e. The Labute approximate surface area is 102 Å². The quantitative estimate of drug-likeness (QED) is 0.613. The topological polar surface area (TPSA) is 49.4 Å². The molecule has 0 aliphatic heterocycles. The fraction of sp³-hybridized carbons (Fsp3) is 0.636. The van der Waals surface area contributed by atoms with Gasteiger partial charge in [0.25, 0.3) is 0 Å². The van der Waals surface area contributed by atoms with Gasteiger partial charge in [-0.15, -0.1) is 18.2 Å².